The van der Waals surface area contributed by atoms with Crippen LogP contribution in [0.1, 0.15) is 24.2 Å². The van der Waals surface area contributed by atoms with Gasteiger partial charge in [-0.2, -0.15) is 0 Å². The van der Waals surface area contributed by atoms with Crippen molar-refractivity contribution < 1.29 is 39.8 Å². The molecule has 2 aromatic rings. The number of anilines is 1. The molecule has 2 unspecified atom stereocenters. The number of aromatic hydroxyl groups is 1. The molecule has 0 bridgehead atoms. The van der Waals surface area contributed by atoms with Crippen LogP contribution in [-0.2, 0) is 20.9 Å². The average Bonchev–Trinajstić information content (AvgIpc) is 2.80. The van der Waals surface area contributed by atoms with Crippen LogP contribution >= 0.6 is 0 Å². The number of carbonyl (C=O) groups is 2. The number of rotatable bonds is 12. The summed E-state index contributed by atoms with van der Waals surface area (Å²) in [5.74, 6) is -0.266. The largest absolute Gasteiger partial charge is 0.506 e. The number of aliphatic carboxylic acids is 1. The van der Waals surface area contributed by atoms with E-state index in [1.165, 1.54) is 17.7 Å². The molecule has 180 valence electrons. The highest BCUT2D eigenvalue weighted by molar-refractivity contribution is 5.79. The molecule has 0 fully saturated rings. The summed E-state index contributed by atoms with van der Waals surface area (Å²) in [6, 6.07) is 12.7. The van der Waals surface area contributed by atoms with Gasteiger partial charge in [-0.15, -0.1) is 0 Å². The fourth-order valence-corrected chi connectivity index (χ4v) is 2.75. The number of aliphatic hydroxyl groups is 1. The van der Waals surface area contributed by atoms with Gasteiger partial charge in [-0.25, -0.2) is 9.68 Å². The fraction of sp³-hybridized carbons (Fsp3) is 0.304. The number of carboxylic acid groups (broad SMARTS) is 1. The molecule has 0 spiro atoms. The molecule has 2 atom stereocenters. The van der Waals surface area contributed by atoms with E-state index in [9.17, 15) is 19.8 Å². The molecule has 0 saturated heterocycles. The Balaban J connectivity index is 0.000000582. The van der Waals surface area contributed by atoms with Crippen LogP contribution < -0.4 is 15.4 Å². The van der Waals surface area contributed by atoms with Crippen molar-refractivity contribution in [2.45, 2.75) is 25.5 Å². The number of carboxylic acids is 1. The molecule has 33 heavy (non-hydrogen) atoms. The van der Waals surface area contributed by atoms with E-state index < -0.39 is 12.1 Å². The van der Waals surface area contributed by atoms with Gasteiger partial charge in [-0.1, -0.05) is 18.2 Å². The quantitative estimate of drug-likeness (QED) is 0.0915. The van der Waals surface area contributed by atoms with E-state index in [1.54, 1.807) is 19.2 Å². The van der Waals surface area contributed by atoms with Gasteiger partial charge >= 0.3 is 5.97 Å². The third-order valence-corrected chi connectivity index (χ3v) is 4.41. The summed E-state index contributed by atoms with van der Waals surface area (Å²) in [6.07, 6.45) is 2.63. The maximum Gasteiger partial charge on any atom is 0.328 e. The van der Waals surface area contributed by atoms with Gasteiger partial charge in [0.25, 0.3) is 0 Å². The van der Waals surface area contributed by atoms with Gasteiger partial charge in [0.15, 0.2) is 0 Å². The predicted octanol–water partition coefficient (Wildman–Crippen LogP) is 2.34. The molecule has 10 nitrogen and oxygen atoms in total. The first-order valence-corrected chi connectivity index (χ1v) is 10.0. The molecule has 10 heteroatoms. The molecule has 0 aromatic heterocycles. The minimum atomic E-state index is -1.05. The van der Waals surface area contributed by atoms with Crippen molar-refractivity contribution in [3.05, 3.63) is 65.7 Å². The molecule has 2 rings (SSSR count). The molecule has 2 aromatic carbocycles. The lowest BCUT2D eigenvalue weighted by atomic mass is 10.1. The highest BCUT2D eigenvalue weighted by Crippen LogP contribution is 2.26. The van der Waals surface area contributed by atoms with E-state index in [1.807, 2.05) is 31.2 Å². The standard InChI is InChI=1S/C19H24N2O4.C4H6O4/c1-13(9-14-3-6-16(25-2)7-4-14)20-11-19(24)15-5-8-18(23)17(10-15)21-12-22;5-4(6)2-1-3-8-7/h3-8,10,12-13,19-20,23-24H,9,11H2,1-2H3,(H,21,22);1-2,7H,3H2,(H,5,6)/b;2-1+. The molecule has 0 radical (unpaired) electrons. The van der Waals surface area contributed by atoms with Crippen LogP contribution in [0.3, 0.4) is 0 Å². The highest BCUT2D eigenvalue weighted by Gasteiger charge is 2.12. The normalized spacial score (nSPS) is 12.4. The topological polar surface area (TPSA) is 158 Å². The minimum Gasteiger partial charge on any atom is -0.506 e. The number of carbonyl (C=O) groups excluding carboxylic acids is 1. The number of hydrogen-bond acceptors (Lipinski definition) is 8. The monoisotopic (exact) mass is 462 g/mol. The molecule has 0 aliphatic carbocycles. The second kappa shape index (κ2) is 15.4. The lowest BCUT2D eigenvalue weighted by Crippen LogP contribution is -2.32. The van der Waals surface area contributed by atoms with Gasteiger partial charge < -0.3 is 30.7 Å². The number of aliphatic hydroxyl groups excluding tert-OH is 1. The lowest BCUT2D eigenvalue weighted by molar-refractivity contribution is -0.231. The molecular formula is C23H30N2O8. The van der Waals surface area contributed by atoms with E-state index in [-0.39, 0.29) is 24.1 Å². The number of hydrogen-bond donors (Lipinski definition) is 6. The first-order chi connectivity index (χ1) is 15.8. The van der Waals surface area contributed by atoms with Crippen molar-refractivity contribution in [2.75, 3.05) is 25.6 Å². The fourth-order valence-electron chi connectivity index (χ4n) is 2.75. The van der Waals surface area contributed by atoms with E-state index in [0.29, 0.717) is 18.5 Å². The number of amides is 1. The van der Waals surface area contributed by atoms with Crippen LogP contribution in [0.4, 0.5) is 5.69 Å². The van der Waals surface area contributed by atoms with Crippen molar-refractivity contribution in [1.29, 1.82) is 0 Å². The van der Waals surface area contributed by atoms with E-state index in [4.69, 9.17) is 15.1 Å². The van der Waals surface area contributed by atoms with Crippen LogP contribution in [0, 0.1) is 0 Å². The van der Waals surface area contributed by atoms with Gasteiger partial charge in [0.2, 0.25) is 6.41 Å². The van der Waals surface area contributed by atoms with Crippen LogP contribution in [0.2, 0.25) is 0 Å². The third-order valence-electron chi connectivity index (χ3n) is 4.41. The second-order valence-electron chi connectivity index (χ2n) is 6.95. The SMILES string of the molecule is COc1ccc(CC(C)NCC(O)c2ccc(O)c(NC=O)c2)cc1.O=C(O)/C=C/COO. The Kier molecular flexibility index (Phi) is 12.9. The molecule has 0 saturated carbocycles. The van der Waals surface area contributed by atoms with Crippen molar-refractivity contribution in [2.24, 2.45) is 0 Å². The summed E-state index contributed by atoms with van der Waals surface area (Å²) in [5, 5.41) is 41.2. The number of ether oxygens (including phenoxy) is 1. The first-order valence-electron chi connectivity index (χ1n) is 10.0. The van der Waals surface area contributed by atoms with Crippen LogP contribution in [0.5, 0.6) is 11.5 Å². The summed E-state index contributed by atoms with van der Waals surface area (Å²) >= 11 is 0. The zero-order valence-corrected chi connectivity index (χ0v) is 18.5. The smallest absolute Gasteiger partial charge is 0.328 e. The maximum atomic E-state index is 10.5. The second-order valence-corrected chi connectivity index (χ2v) is 6.95. The van der Waals surface area contributed by atoms with Gasteiger partial charge in [-0.05, 0) is 54.8 Å². The molecule has 0 heterocycles. The van der Waals surface area contributed by atoms with Gasteiger partial charge in [0.1, 0.15) is 18.1 Å². The van der Waals surface area contributed by atoms with Gasteiger partial charge in [0.05, 0.1) is 18.9 Å². The third kappa shape index (κ3) is 11.1. The summed E-state index contributed by atoms with van der Waals surface area (Å²) < 4.78 is 5.14. The van der Waals surface area contributed by atoms with Crippen molar-refractivity contribution >= 4 is 18.1 Å². The Morgan fingerprint density at radius 1 is 1.18 bits per heavy atom. The highest BCUT2D eigenvalue weighted by atomic mass is 17.1. The van der Waals surface area contributed by atoms with E-state index in [2.05, 4.69) is 15.5 Å². The molecule has 1 amide bonds. The minimum absolute atomic E-state index is 0.0381. The van der Waals surface area contributed by atoms with Gasteiger partial charge in [0, 0.05) is 18.7 Å². The van der Waals surface area contributed by atoms with Crippen LogP contribution in [0.25, 0.3) is 0 Å². The summed E-state index contributed by atoms with van der Waals surface area (Å²) in [5.41, 5.74) is 2.07. The molecular weight excluding hydrogens is 432 g/mol. The number of phenolic OH excluding ortho intramolecular Hbond substituents is 1. The Labute approximate surface area is 192 Å². The van der Waals surface area contributed by atoms with Crippen molar-refractivity contribution in [1.82, 2.24) is 5.32 Å². The average molecular weight is 462 g/mol. The van der Waals surface area contributed by atoms with Crippen LogP contribution in [0.15, 0.2) is 54.6 Å². The summed E-state index contributed by atoms with van der Waals surface area (Å²) in [4.78, 5) is 23.7. The Morgan fingerprint density at radius 3 is 2.45 bits per heavy atom. The zero-order chi connectivity index (χ0) is 24.6. The number of phenols is 1. The number of benzene rings is 2. The van der Waals surface area contributed by atoms with E-state index in [0.717, 1.165) is 18.2 Å². The lowest BCUT2D eigenvalue weighted by Gasteiger charge is -2.18. The van der Waals surface area contributed by atoms with Gasteiger partial charge in [-0.3, -0.25) is 10.1 Å². The summed E-state index contributed by atoms with van der Waals surface area (Å²) in [7, 11) is 1.64. The predicted molar refractivity (Wildman–Crippen MR) is 122 cm³/mol. The Morgan fingerprint density at radius 2 is 1.88 bits per heavy atom. The molecule has 0 aliphatic heterocycles. The molecule has 6 N–H and O–H groups in total. The molecule has 0 aliphatic rings. The van der Waals surface area contributed by atoms with Crippen molar-refractivity contribution in [3.63, 3.8) is 0 Å². The van der Waals surface area contributed by atoms with Crippen molar-refractivity contribution in [3.8, 4) is 11.5 Å². The number of nitrogens with one attached hydrogen (secondary N) is 2. The number of methoxy groups -OCH3 is 1. The first kappa shape index (κ1) is 27.6. The maximum absolute atomic E-state index is 10.5. The zero-order valence-electron chi connectivity index (χ0n) is 18.5. The van der Waals surface area contributed by atoms with Crippen LogP contribution in [-0.4, -0.2) is 59.3 Å². The summed E-state index contributed by atoms with van der Waals surface area (Å²) in [6.45, 7) is 2.32. The van der Waals surface area contributed by atoms with E-state index >= 15 is 0 Å². The Bertz CT molecular complexity index is 887. The Hall–Kier alpha value is -3.44.